The molecule has 1 aromatic heterocycles. The van der Waals surface area contributed by atoms with Crippen molar-refractivity contribution >= 4 is 50.2 Å². The predicted molar refractivity (Wildman–Crippen MR) is 103 cm³/mol. The van der Waals surface area contributed by atoms with E-state index in [1.165, 1.54) is 0 Å². The molecule has 0 fully saturated rings. The molecule has 2 nitrogen and oxygen atoms in total. The summed E-state index contributed by atoms with van der Waals surface area (Å²) in [5, 5.41) is 1.08. The van der Waals surface area contributed by atoms with Crippen LogP contribution in [-0.4, -0.2) is 4.98 Å². The van der Waals surface area contributed by atoms with Crippen molar-refractivity contribution in [3.8, 4) is 22.6 Å². The number of benzene rings is 3. The number of hydrogen-bond donors (Lipinski definition) is 0. The zero-order valence-electron chi connectivity index (χ0n) is 12.3. The van der Waals surface area contributed by atoms with Crippen LogP contribution in [0.25, 0.3) is 33.7 Å². The van der Waals surface area contributed by atoms with Crippen molar-refractivity contribution in [2.75, 3.05) is 0 Å². The molecular weight excluding hydrogens is 409 g/mol. The van der Waals surface area contributed by atoms with Gasteiger partial charge in [-0.25, -0.2) is 4.98 Å². The number of halogens is 3. The molecule has 0 atom stereocenters. The molecule has 118 valence electrons. The number of nitrogens with zero attached hydrogens (tertiary/aromatic N) is 1. The molecule has 1 heterocycles. The average molecular weight is 419 g/mol. The predicted octanol–water partition coefficient (Wildman–Crippen LogP) is 7.23. The van der Waals surface area contributed by atoms with E-state index < -0.39 is 0 Å². The third-order valence-corrected chi connectivity index (χ3v) is 4.85. The maximum absolute atomic E-state index is 6.26. The quantitative estimate of drug-likeness (QED) is 0.343. The van der Waals surface area contributed by atoms with Gasteiger partial charge < -0.3 is 4.42 Å². The van der Waals surface area contributed by atoms with Crippen molar-refractivity contribution in [2.24, 2.45) is 0 Å². The topological polar surface area (TPSA) is 26.0 Å². The van der Waals surface area contributed by atoms with E-state index in [0.717, 1.165) is 21.1 Å². The van der Waals surface area contributed by atoms with Gasteiger partial charge in [0, 0.05) is 5.02 Å². The zero-order valence-corrected chi connectivity index (χ0v) is 15.4. The van der Waals surface area contributed by atoms with Crippen molar-refractivity contribution in [1.29, 1.82) is 0 Å². The summed E-state index contributed by atoms with van der Waals surface area (Å²) in [4.78, 5) is 4.60. The number of rotatable bonds is 2. The van der Waals surface area contributed by atoms with Crippen LogP contribution < -0.4 is 0 Å². The molecule has 5 heteroatoms. The summed E-state index contributed by atoms with van der Waals surface area (Å²) in [6.07, 6.45) is 0. The van der Waals surface area contributed by atoms with Gasteiger partial charge >= 0.3 is 0 Å². The first kappa shape index (κ1) is 15.7. The zero-order chi connectivity index (χ0) is 16.7. The van der Waals surface area contributed by atoms with Crippen LogP contribution in [0.5, 0.6) is 0 Å². The Morgan fingerprint density at radius 1 is 0.875 bits per heavy atom. The van der Waals surface area contributed by atoms with Gasteiger partial charge in [-0.1, -0.05) is 53.5 Å². The Hall–Kier alpha value is -1.81. The van der Waals surface area contributed by atoms with Crippen LogP contribution in [0.1, 0.15) is 0 Å². The highest BCUT2D eigenvalue weighted by Crippen LogP contribution is 2.36. The fraction of sp³-hybridized carbons (Fsp3) is 0. The first-order valence-corrected chi connectivity index (χ1v) is 8.77. The standard InChI is InChI=1S/C19H10BrCl2NO/c20-15-8-12(11-4-2-1-3-5-11)9-17-18(15)24-19(23-17)14-7-6-13(21)10-16(14)22/h1-10H. The molecule has 3 aromatic carbocycles. The Morgan fingerprint density at radius 3 is 2.42 bits per heavy atom. The molecule has 0 unspecified atom stereocenters. The molecule has 0 saturated heterocycles. The number of oxazole rings is 1. The van der Waals surface area contributed by atoms with E-state index in [0.29, 0.717) is 27.1 Å². The van der Waals surface area contributed by atoms with Crippen LogP contribution in [0.4, 0.5) is 0 Å². The van der Waals surface area contributed by atoms with Gasteiger partial charge in [0.05, 0.1) is 15.1 Å². The minimum atomic E-state index is 0.470. The molecule has 0 spiro atoms. The van der Waals surface area contributed by atoms with Crippen molar-refractivity contribution in [3.05, 3.63) is 75.2 Å². The fourth-order valence-electron chi connectivity index (χ4n) is 2.57. The SMILES string of the molecule is Clc1ccc(-c2nc3cc(-c4ccccc4)cc(Br)c3o2)c(Cl)c1. The second-order valence-electron chi connectivity index (χ2n) is 5.32. The summed E-state index contributed by atoms with van der Waals surface area (Å²) < 4.78 is 6.76. The van der Waals surface area contributed by atoms with Crippen LogP contribution in [0.3, 0.4) is 0 Å². The van der Waals surface area contributed by atoms with Crippen molar-refractivity contribution < 1.29 is 4.42 Å². The number of fused-ring (bicyclic) bond motifs is 1. The van der Waals surface area contributed by atoms with Crippen LogP contribution >= 0.6 is 39.1 Å². The lowest BCUT2D eigenvalue weighted by atomic mass is 10.1. The summed E-state index contributed by atoms with van der Waals surface area (Å²) in [6, 6.07) is 19.4. The van der Waals surface area contributed by atoms with Crippen LogP contribution in [-0.2, 0) is 0 Å². The Kier molecular flexibility index (Phi) is 4.09. The number of hydrogen-bond acceptors (Lipinski definition) is 2. The molecule has 0 saturated carbocycles. The van der Waals surface area contributed by atoms with Crippen molar-refractivity contribution in [1.82, 2.24) is 4.98 Å². The van der Waals surface area contributed by atoms with E-state index in [4.69, 9.17) is 27.6 Å². The first-order valence-electron chi connectivity index (χ1n) is 7.23. The smallest absolute Gasteiger partial charge is 0.228 e. The summed E-state index contributed by atoms with van der Waals surface area (Å²) >= 11 is 15.8. The van der Waals surface area contributed by atoms with Gasteiger partial charge in [-0.3, -0.25) is 0 Å². The van der Waals surface area contributed by atoms with Crippen molar-refractivity contribution in [3.63, 3.8) is 0 Å². The largest absolute Gasteiger partial charge is 0.435 e. The minimum Gasteiger partial charge on any atom is -0.435 e. The normalized spacial score (nSPS) is 11.1. The minimum absolute atomic E-state index is 0.470. The summed E-state index contributed by atoms with van der Waals surface area (Å²) in [5.41, 5.74) is 4.36. The first-order chi connectivity index (χ1) is 11.6. The van der Waals surface area contributed by atoms with Gasteiger partial charge in [0.25, 0.3) is 0 Å². The summed E-state index contributed by atoms with van der Waals surface area (Å²) in [5.74, 6) is 0.470. The van der Waals surface area contributed by atoms with Crippen LogP contribution in [0.15, 0.2) is 69.6 Å². The lowest BCUT2D eigenvalue weighted by molar-refractivity contribution is 0.618. The third kappa shape index (κ3) is 2.84. The molecule has 0 aliphatic rings. The van der Waals surface area contributed by atoms with Gasteiger partial charge in [-0.15, -0.1) is 0 Å². The number of aromatic nitrogens is 1. The molecule has 24 heavy (non-hydrogen) atoms. The van der Waals surface area contributed by atoms with E-state index in [1.54, 1.807) is 18.2 Å². The van der Waals surface area contributed by atoms with Crippen molar-refractivity contribution in [2.45, 2.75) is 0 Å². The van der Waals surface area contributed by atoms with E-state index in [9.17, 15) is 0 Å². The van der Waals surface area contributed by atoms with E-state index >= 15 is 0 Å². The van der Waals surface area contributed by atoms with Crippen LogP contribution in [0, 0.1) is 0 Å². The summed E-state index contributed by atoms with van der Waals surface area (Å²) in [6.45, 7) is 0. The molecule has 0 amide bonds. The molecule has 0 aliphatic heterocycles. The molecule has 0 N–H and O–H groups in total. The van der Waals surface area contributed by atoms with E-state index in [-0.39, 0.29) is 0 Å². The summed E-state index contributed by atoms with van der Waals surface area (Å²) in [7, 11) is 0. The Labute approximate surface area is 157 Å². The highest BCUT2D eigenvalue weighted by atomic mass is 79.9. The highest BCUT2D eigenvalue weighted by molar-refractivity contribution is 9.10. The second-order valence-corrected chi connectivity index (χ2v) is 7.01. The Morgan fingerprint density at radius 2 is 1.67 bits per heavy atom. The molecule has 4 rings (SSSR count). The molecule has 0 bridgehead atoms. The molecular formula is C19H10BrCl2NO. The van der Waals surface area contributed by atoms with Gasteiger partial charge in [-0.05, 0) is 57.4 Å². The maximum atomic E-state index is 6.26. The van der Waals surface area contributed by atoms with Crippen LogP contribution in [0.2, 0.25) is 10.0 Å². The van der Waals surface area contributed by atoms with Gasteiger partial charge in [0.1, 0.15) is 5.52 Å². The lowest BCUT2D eigenvalue weighted by Crippen LogP contribution is -1.80. The monoisotopic (exact) mass is 417 g/mol. The highest BCUT2D eigenvalue weighted by Gasteiger charge is 2.15. The molecule has 0 aliphatic carbocycles. The Balaban J connectivity index is 1.88. The third-order valence-electron chi connectivity index (χ3n) is 3.71. The van der Waals surface area contributed by atoms with E-state index in [2.05, 4.69) is 33.0 Å². The van der Waals surface area contributed by atoms with Gasteiger partial charge in [0.15, 0.2) is 5.58 Å². The molecule has 4 aromatic rings. The van der Waals surface area contributed by atoms with Gasteiger partial charge in [-0.2, -0.15) is 0 Å². The molecule has 0 radical (unpaired) electrons. The Bertz CT molecular complexity index is 1040. The fourth-order valence-corrected chi connectivity index (χ4v) is 3.59. The lowest BCUT2D eigenvalue weighted by Gasteiger charge is -2.02. The van der Waals surface area contributed by atoms with Gasteiger partial charge in [0.2, 0.25) is 5.89 Å². The second kappa shape index (κ2) is 6.25. The average Bonchev–Trinajstić information content (AvgIpc) is 3.00. The maximum Gasteiger partial charge on any atom is 0.228 e. The van der Waals surface area contributed by atoms with E-state index in [1.807, 2.05) is 30.3 Å².